The van der Waals surface area contributed by atoms with Gasteiger partial charge in [0.2, 0.25) is 0 Å². The van der Waals surface area contributed by atoms with Crippen molar-refractivity contribution in [2.45, 2.75) is 33.2 Å². The first-order valence-electron chi connectivity index (χ1n) is 6.16. The molecule has 1 heterocycles. The van der Waals surface area contributed by atoms with Crippen molar-refractivity contribution in [3.63, 3.8) is 0 Å². The minimum atomic E-state index is -0.204. The Morgan fingerprint density at radius 2 is 2.11 bits per heavy atom. The van der Waals surface area contributed by atoms with Crippen LogP contribution in [0.3, 0.4) is 0 Å². The number of benzene rings is 1. The number of aromatic nitrogens is 1. The van der Waals surface area contributed by atoms with Gasteiger partial charge in [0.05, 0.1) is 16.7 Å². The topological polar surface area (TPSA) is 50.9 Å². The van der Waals surface area contributed by atoms with Gasteiger partial charge in [-0.1, -0.05) is 12.1 Å². The highest BCUT2D eigenvalue weighted by Crippen LogP contribution is 2.24. The first kappa shape index (κ1) is 14.1. The van der Waals surface area contributed by atoms with Crippen LogP contribution in [0.15, 0.2) is 18.2 Å². The summed E-state index contributed by atoms with van der Waals surface area (Å²) >= 11 is 1.66. The Kier molecular flexibility index (Phi) is 4.29. The zero-order chi connectivity index (χ0) is 14.0. The third-order valence-electron chi connectivity index (χ3n) is 3.25. The SMILES string of the molecule is Cc1ccc(C(Cc2nc(C)c(C)s2)NN)cc1F. The molecule has 1 aromatic carbocycles. The van der Waals surface area contributed by atoms with Crippen LogP contribution in [0.2, 0.25) is 0 Å². The minimum absolute atomic E-state index is 0.125. The number of rotatable bonds is 4. The predicted molar refractivity (Wildman–Crippen MR) is 76.5 cm³/mol. The van der Waals surface area contributed by atoms with E-state index in [9.17, 15) is 4.39 Å². The van der Waals surface area contributed by atoms with E-state index in [1.165, 1.54) is 10.9 Å². The highest BCUT2D eigenvalue weighted by molar-refractivity contribution is 7.11. The van der Waals surface area contributed by atoms with Crippen molar-refractivity contribution in [3.8, 4) is 0 Å². The van der Waals surface area contributed by atoms with Gasteiger partial charge in [-0.3, -0.25) is 11.3 Å². The number of hydrazine groups is 1. The molecule has 0 amide bonds. The van der Waals surface area contributed by atoms with Crippen molar-refractivity contribution < 1.29 is 4.39 Å². The van der Waals surface area contributed by atoms with Crippen LogP contribution in [0.5, 0.6) is 0 Å². The standard InChI is InChI=1S/C14H18FN3S/c1-8-4-5-11(6-12(8)15)13(18-16)7-14-17-9(2)10(3)19-14/h4-6,13,18H,7,16H2,1-3H3. The zero-order valence-corrected chi connectivity index (χ0v) is 12.1. The van der Waals surface area contributed by atoms with Crippen LogP contribution in [-0.4, -0.2) is 4.98 Å². The molecule has 0 spiro atoms. The van der Waals surface area contributed by atoms with Gasteiger partial charge in [-0.05, 0) is 38.0 Å². The smallest absolute Gasteiger partial charge is 0.126 e. The average Bonchev–Trinajstić information content (AvgIpc) is 2.69. The Morgan fingerprint density at radius 3 is 2.63 bits per heavy atom. The molecule has 1 aromatic heterocycles. The summed E-state index contributed by atoms with van der Waals surface area (Å²) in [6.45, 7) is 5.79. The van der Waals surface area contributed by atoms with E-state index in [4.69, 9.17) is 5.84 Å². The summed E-state index contributed by atoms with van der Waals surface area (Å²) in [4.78, 5) is 5.70. The highest BCUT2D eigenvalue weighted by atomic mass is 32.1. The van der Waals surface area contributed by atoms with Crippen LogP contribution in [0.1, 0.15) is 32.7 Å². The van der Waals surface area contributed by atoms with Gasteiger partial charge in [-0.2, -0.15) is 0 Å². The fourth-order valence-corrected chi connectivity index (χ4v) is 2.88. The lowest BCUT2D eigenvalue weighted by atomic mass is 10.0. The molecule has 0 bridgehead atoms. The average molecular weight is 279 g/mol. The van der Waals surface area contributed by atoms with Gasteiger partial charge >= 0.3 is 0 Å². The Morgan fingerprint density at radius 1 is 1.37 bits per heavy atom. The maximum Gasteiger partial charge on any atom is 0.126 e. The normalized spacial score (nSPS) is 12.7. The van der Waals surface area contributed by atoms with E-state index in [2.05, 4.69) is 10.4 Å². The van der Waals surface area contributed by atoms with Crippen LogP contribution in [0.4, 0.5) is 4.39 Å². The van der Waals surface area contributed by atoms with E-state index in [1.54, 1.807) is 24.3 Å². The molecule has 19 heavy (non-hydrogen) atoms. The molecule has 0 saturated heterocycles. The summed E-state index contributed by atoms with van der Waals surface area (Å²) in [6, 6.07) is 5.08. The van der Waals surface area contributed by atoms with Crippen LogP contribution in [0.25, 0.3) is 0 Å². The van der Waals surface area contributed by atoms with Gasteiger partial charge in [0.15, 0.2) is 0 Å². The second-order valence-electron chi connectivity index (χ2n) is 4.68. The highest BCUT2D eigenvalue weighted by Gasteiger charge is 2.15. The fraction of sp³-hybridized carbons (Fsp3) is 0.357. The van der Waals surface area contributed by atoms with Gasteiger partial charge in [-0.15, -0.1) is 11.3 Å². The van der Waals surface area contributed by atoms with E-state index in [0.29, 0.717) is 12.0 Å². The van der Waals surface area contributed by atoms with Crippen molar-refractivity contribution in [1.29, 1.82) is 0 Å². The molecular weight excluding hydrogens is 261 g/mol. The number of halogens is 1. The van der Waals surface area contributed by atoms with Crippen molar-refractivity contribution in [3.05, 3.63) is 50.7 Å². The number of nitrogens with two attached hydrogens (primary N) is 1. The molecule has 2 rings (SSSR count). The quantitative estimate of drug-likeness (QED) is 0.668. The fourth-order valence-electron chi connectivity index (χ4n) is 1.90. The molecule has 0 aliphatic carbocycles. The summed E-state index contributed by atoms with van der Waals surface area (Å²) in [5, 5.41) is 1.01. The summed E-state index contributed by atoms with van der Waals surface area (Å²) in [6.07, 6.45) is 0.665. The minimum Gasteiger partial charge on any atom is -0.271 e. The molecular formula is C14H18FN3S. The molecule has 3 N–H and O–H groups in total. The van der Waals surface area contributed by atoms with E-state index < -0.39 is 0 Å². The molecule has 0 fully saturated rings. The maximum atomic E-state index is 13.6. The largest absolute Gasteiger partial charge is 0.271 e. The van der Waals surface area contributed by atoms with Gasteiger partial charge in [-0.25, -0.2) is 9.37 Å². The van der Waals surface area contributed by atoms with Crippen LogP contribution >= 0.6 is 11.3 Å². The molecule has 0 saturated carbocycles. The third kappa shape index (κ3) is 3.18. The van der Waals surface area contributed by atoms with E-state index in [0.717, 1.165) is 16.3 Å². The van der Waals surface area contributed by atoms with Crippen molar-refractivity contribution in [1.82, 2.24) is 10.4 Å². The van der Waals surface area contributed by atoms with E-state index in [-0.39, 0.29) is 11.9 Å². The molecule has 0 radical (unpaired) electrons. The molecule has 1 atom stereocenters. The van der Waals surface area contributed by atoms with E-state index >= 15 is 0 Å². The number of nitrogens with zero attached hydrogens (tertiary/aromatic N) is 1. The van der Waals surface area contributed by atoms with Gasteiger partial charge < -0.3 is 0 Å². The number of nitrogens with one attached hydrogen (secondary N) is 1. The summed E-state index contributed by atoms with van der Waals surface area (Å²) in [5.41, 5.74) is 5.27. The number of thiazole rings is 1. The van der Waals surface area contributed by atoms with Crippen LogP contribution in [-0.2, 0) is 6.42 Å². The molecule has 2 aromatic rings. The molecule has 1 unspecified atom stereocenters. The second kappa shape index (κ2) is 5.77. The molecule has 5 heteroatoms. The number of aryl methyl sites for hydroxylation is 3. The number of hydrogen-bond donors (Lipinski definition) is 2. The lowest BCUT2D eigenvalue weighted by Crippen LogP contribution is -2.29. The van der Waals surface area contributed by atoms with Crippen molar-refractivity contribution in [2.24, 2.45) is 5.84 Å². The maximum absolute atomic E-state index is 13.6. The lowest BCUT2D eigenvalue weighted by molar-refractivity contribution is 0.542. The van der Waals surface area contributed by atoms with Gasteiger partial charge in [0, 0.05) is 11.3 Å². The van der Waals surface area contributed by atoms with Crippen LogP contribution < -0.4 is 11.3 Å². The van der Waals surface area contributed by atoms with Gasteiger partial charge in [0.25, 0.3) is 0 Å². The Labute approximate surface area is 116 Å². The summed E-state index contributed by atoms with van der Waals surface area (Å²) < 4.78 is 13.6. The Bertz CT molecular complexity index is 561. The van der Waals surface area contributed by atoms with Crippen molar-refractivity contribution in [2.75, 3.05) is 0 Å². The Balaban J connectivity index is 2.22. The summed E-state index contributed by atoms with van der Waals surface area (Å²) in [7, 11) is 0. The van der Waals surface area contributed by atoms with E-state index in [1.807, 2.05) is 19.9 Å². The first-order valence-corrected chi connectivity index (χ1v) is 6.98. The predicted octanol–water partition coefficient (Wildman–Crippen LogP) is 2.95. The third-order valence-corrected chi connectivity index (χ3v) is 4.35. The first-order chi connectivity index (χ1) is 9.01. The molecule has 3 nitrogen and oxygen atoms in total. The molecule has 0 aliphatic rings. The summed E-state index contributed by atoms with van der Waals surface area (Å²) in [5.74, 6) is 5.39. The number of hydrogen-bond acceptors (Lipinski definition) is 4. The van der Waals surface area contributed by atoms with Crippen LogP contribution in [0, 0.1) is 26.6 Å². The second-order valence-corrected chi connectivity index (χ2v) is 5.97. The zero-order valence-electron chi connectivity index (χ0n) is 11.3. The molecule has 102 valence electrons. The Hall–Kier alpha value is -1.30. The van der Waals surface area contributed by atoms with Gasteiger partial charge in [0.1, 0.15) is 5.82 Å². The lowest BCUT2D eigenvalue weighted by Gasteiger charge is -2.15. The molecule has 0 aliphatic heterocycles. The van der Waals surface area contributed by atoms with Crippen molar-refractivity contribution >= 4 is 11.3 Å². The monoisotopic (exact) mass is 279 g/mol.